The van der Waals surface area contributed by atoms with Crippen molar-refractivity contribution in [3.8, 4) is 11.5 Å². The Morgan fingerprint density at radius 2 is 1.82 bits per heavy atom. The zero-order valence-electron chi connectivity index (χ0n) is 16.0. The molecule has 1 saturated heterocycles. The van der Waals surface area contributed by atoms with Crippen LogP contribution in [0, 0.1) is 13.8 Å². The highest BCUT2D eigenvalue weighted by molar-refractivity contribution is 5.93. The van der Waals surface area contributed by atoms with Crippen LogP contribution in [0.15, 0.2) is 54.6 Å². The topological polar surface area (TPSA) is 67.4 Å². The third-order valence-corrected chi connectivity index (χ3v) is 4.82. The number of aromatic amines is 1. The van der Waals surface area contributed by atoms with Gasteiger partial charge in [-0.2, -0.15) is 5.10 Å². The van der Waals surface area contributed by atoms with Crippen LogP contribution in [0.3, 0.4) is 0 Å². The maximum Gasteiger partial charge on any atom is 0.274 e. The molecular weight excluding hydrogens is 354 g/mol. The number of nitrogens with zero attached hydrogens (tertiary/aromatic N) is 2. The van der Waals surface area contributed by atoms with Crippen molar-refractivity contribution in [2.24, 2.45) is 0 Å². The number of hydrogen-bond acceptors (Lipinski definition) is 4. The number of amides is 1. The minimum absolute atomic E-state index is 0.0172. The summed E-state index contributed by atoms with van der Waals surface area (Å²) in [6.07, 6.45) is 0.0172. The molecule has 1 fully saturated rings. The molecule has 3 aromatic rings. The van der Waals surface area contributed by atoms with E-state index in [1.54, 1.807) is 11.0 Å². The fraction of sp³-hybridized carbons (Fsp3) is 0.273. The zero-order valence-corrected chi connectivity index (χ0v) is 16.0. The summed E-state index contributed by atoms with van der Waals surface area (Å²) in [5, 5.41) is 7.00. The first-order valence-corrected chi connectivity index (χ1v) is 9.34. The van der Waals surface area contributed by atoms with Gasteiger partial charge in [-0.05, 0) is 43.2 Å². The predicted molar refractivity (Wildman–Crippen MR) is 106 cm³/mol. The molecule has 144 valence electrons. The molecule has 1 aromatic heterocycles. The molecule has 1 N–H and O–H groups in total. The van der Waals surface area contributed by atoms with Gasteiger partial charge in [-0.25, -0.2) is 0 Å². The molecule has 0 spiro atoms. The zero-order chi connectivity index (χ0) is 19.5. The second-order valence-corrected chi connectivity index (χ2v) is 7.05. The van der Waals surface area contributed by atoms with Crippen molar-refractivity contribution >= 4 is 5.91 Å². The van der Waals surface area contributed by atoms with E-state index < -0.39 is 0 Å². The van der Waals surface area contributed by atoms with Crippen LogP contribution < -0.4 is 9.47 Å². The van der Waals surface area contributed by atoms with Crippen molar-refractivity contribution in [2.75, 3.05) is 13.1 Å². The Morgan fingerprint density at radius 1 is 1.11 bits per heavy atom. The van der Waals surface area contributed by atoms with Gasteiger partial charge in [-0.3, -0.25) is 9.89 Å². The second-order valence-electron chi connectivity index (χ2n) is 7.05. The number of carbonyl (C=O) groups excluding carboxylic acids is 1. The largest absolute Gasteiger partial charge is 0.487 e. The number of para-hydroxylation sites is 2. The van der Waals surface area contributed by atoms with Gasteiger partial charge in [0.2, 0.25) is 0 Å². The van der Waals surface area contributed by atoms with Gasteiger partial charge in [0.1, 0.15) is 24.2 Å². The average Bonchev–Trinajstić information content (AvgIpc) is 3.14. The molecule has 4 rings (SSSR count). The van der Waals surface area contributed by atoms with E-state index in [1.165, 1.54) is 0 Å². The molecule has 1 aliphatic rings. The lowest BCUT2D eigenvalue weighted by Gasteiger charge is -2.39. The molecule has 28 heavy (non-hydrogen) atoms. The summed E-state index contributed by atoms with van der Waals surface area (Å²) in [5.74, 6) is 1.60. The lowest BCUT2D eigenvalue weighted by molar-refractivity contribution is 0.0168. The minimum Gasteiger partial charge on any atom is -0.487 e. The first-order valence-electron chi connectivity index (χ1n) is 9.34. The van der Waals surface area contributed by atoms with Crippen molar-refractivity contribution in [1.29, 1.82) is 0 Å². The Kier molecular flexibility index (Phi) is 5.02. The normalized spacial score (nSPS) is 13.9. The van der Waals surface area contributed by atoms with Crippen LogP contribution in [-0.4, -0.2) is 40.2 Å². The first kappa shape index (κ1) is 18.1. The molecule has 6 heteroatoms. The summed E-state index contributed by atoms with van der Waals surface area (Å²) in [5.41, 5.74) is 3.38. The van der Waals surface area contributed by atoms with Crippen molar-refractivity contribution in [3.05, 3.63) is 77.1 Å². The third kappa shape index (κ3) is 3.86. The smallest absolute Gasteiger partial charge is 0.274 e. The monoisotopic (exact) mass is 377 g/mol. The summed E-state index contributed by atoms with van der Waals surface area (Å²) in [6.45, 7) is 5.53. The number of aromatic nitrogens is 2. The van der Waals surface area contributed by atoms with E-state index in [0.717, 1.165) is 28.3 Å². The molecule has 0 atom stereocenters. The summed E-state index contributed by atoms with van der Waals surface area (Å²) in [6, 6.07) is 17.4. The Morgan fingerprint density at radius 3 is 2.54 bits per heavy atom. The maximum atomic E-state index is 12.6. The fourth-order valence-electron chi connectivity index (χ4n) is 3.22. The van der Waals surface area contributed by atoms with Crippen molar-refractivity contribution in [1.82, 2.24) is 15.1 Å². The van der Waals surface area contributed by atoms with Crippen LogP contribution in [-0.2, 0) is 6.61 Å². The molecule has 0 unspecified atom stereocenters. The predicted octanol–water partition coefficient (Wildman–Crippen LogP) is 3.51. The Labute approximate surface area is 164 Å². The highest BCUT2D eigenvalue weighted by Crippen LogP contribution is 2.26. The van der Waals surface area contributed by atoms with E-state index in [0.29, 0.717) is 25.4 Å². The van der Waals surface area contributed by atoms with Gasteiger partial charge in [0.15, 0.2) is 5.69 Å². The highest BCUT2D eigenvalue weighted by Gasteiger charge is 2.34. The number of aryl methyl sites for hydroxylation is 2. The van der Waals surface area contributed by atoms with E-state index in [4.69, 9.17) is 9.47 Å². The van der Waals surface area contributed by atoms with Crippen LogP contribution in [0.4, 0.5) is 0 Å². The van der Waals surface area contributed by atoms with Gasteiger partial charge in [0.05, 0.1) is 18.8 Å². The molecule has 1 aliphatic heterocycles. The number of H-pyrrole nitrogens is 1. The number of likely N-dealkylation sites (tertiary alicyclic amines) is 1. The molecular formula is C22H23N3O3. The standard InChI is InChI=1S/C22H23N3O3/c1-15-7-6-8-16(2)21(15)28-19-12-25(13-19)22(26)20-11-17(23-24-20)14-27-18-9-4-3-5-10-18/h3-11,19H,12-14H2,1-2H3,(H,23,24). The highest BCUT2D eigenvalue weighted by atomic mass is 16.5. The van der Waals surface area contributed by atoms with Gasteiger partial charge in [-0.15, -0.1) is 0 Å². The number of ether oxygens (including phenoxy) is 2. The second kappa shape index (κ2) is 7.76. The minimum atomic E-state index is -0.0939. The number of hydrogen-bond donors (Lipinski definition) is 1. The van der Waals surface area contributed by atoms with Crippen molar-refractivity contribution in [2.45, 2.75) is 26.6 Å². The molecule has 0 saturated carbocycles. The van der Waals surface area contributed by atoms with Crippen LogP contribution in [0.2, 0.25) is 0 Å². The van der Waals surface area contributed by atoms with Crippen molar-refractivity contribution < 1.29 is 14.3 Å². The van der Waals surface area contributed by atoms with Crippen LogP contribution in [0.5, 0.6) is 11.5 Å². The number of carbonyl (C=O) groups is 1. The van der Waals surface area contributed by atoms with E-state index in [-0.39, 0.29) is 12.0 Å². The lowest BCUT2D eigenvalue weighted by Crippen LogP contribution is -2.56. The van der Waals surface area contributed by atoms with E-state index in [9.17, 15) is 4.79 Å². The average molecular weight is 377 g/mol. The molecule has 6 nitrogen and oxygen atoms in total. The van der Waals surface area contributed by atoms with Gasteiger partial charge >= 0.3 is 0 Å². The Balaban J connectivity index is 1.30. The fourth-order valence-corrected chi connectivity index (χ4v) is 3.22. The summed E-state index contributed by atoms with van der Waals surface area (Å²) < 4.78 is 11.8. The molecule has 2 aromatic carbocycles. The molecule has 0 bridgehead atoms. The van der Waals surface area contributed by atoms with Crippen LogP contribution >= 0.6 is 0 Å². The number of benzene rings is 2. The van der Waals surface area contributed by atoms with E-state index in [2.05, 4.69) is 10.2 Å². The quantitative estimate of drug-likeness (QED) is 0.714. The Bertz CT molecular complexity index is 942. The third-order valence-electron chi connectivity index (χ3n) is 4.82. The lowest BCUT2D eigenvalue weighted by atomic mass is 10.1. The summed E-state index contributed by atoms with van der Waals surface area (Å²) >= 11 is 0. The first-order chi connectivity index (χ1) is 13.6. The van der Waals surface area contributed by atoms with Gasteiger partial charge in [-0.1, -0.05) is 36.4 Å². The van der Waals surface area contributed by atoms with E-state index in [1.807, 2.05) is 62.4 Å². The van der Waals surface area contributed by atoms with E-state index >= 15 is 0 Å². The number of rotatable bonds is 6. The van der Waals surface area contributed by atoms with Crippen LogP contribution in [0.25, 0.3) is 0 Å². The Hall–Kier alpha value is -3.28. The van der Waals surface area contributed by atoms with Gasteiger partial charge in [0.25, 0.3) is 5.91 Å². The molecule has 0 radical (unpaired) electrons. The summed E-state index contributed by atoms with van der Waals surface area (Å²) in [7, 11) is 0. The molecule has 1 amide bonds. The molecule has 0 aliphatic carbocycles. The van der Waals surface area contributed by atoms with Gasteiger partial charge < -0.3 is 14.4 Å². The SMILES string of the molecule is Cc1cccc(C)c1OC1CN(C(=O)c2cc(COc3ccccc3)[nH]n2)C1. The van der Waals surface area contributed by atoms with Crippen molar-refractivity contribution in [3.63, 3.8) is 0 Å². The maximum absolute atomic E-state index is 12.6. The van der Waals surface area contributed by atoms with Crippen LogP contribution in [0.1, 0.15) is 27.3 Å². The number of nitrogens with one attached hydrogen (secondary N) is 1. The summed E-state index contributed by atoms with van der Waals surface area (Å²) in [4.78, 5) is 14.3. The van der Waals surface area contributed by atoms with Gasteiger partial charge in [0, 0.05) is 0 Å². The molecule has 2 heterocycles.